The Morgan fingerprint density at radius 1 is 1.22 bits per heavy atom. The third-order valence-electron chi connectivity index (χ3n) is 5.79. The van der Waals surface area contributed by atoms with Crippen LogP contribution in [0.3, 0.4) is 0 Å². The largest absolute Gasteiger partial charge is 0.310 e. The van der Waals surface area contributed by atoms with Gasteiger partial charge in [0.25, 0.3) is 5.56 Å². The Morgan fingerprint density at radius 2 is 2.00 bits per heavy atom. The molecule has 3 aromatic heterocycles. The normalized spacial score (nSPS) is 15.9. The maximum atomic E-state index is 13.4. The van der Waals surface area contributed by atoms with E-state index in [1.165, 1.54) is 11.3 Å². The third kappa shape index (κ3) is 3.84. The fourth-order valence-electron chi connectivity index (χ4n) is 4.21. The van der Waals surface area contributed by atoms with E-state index in [1.54, 1.807) is 21.8 Å². The average molecular weight is 459 g/mol. The Bertz CT molecular complexity index is 1350. The summed E-state index contributed by atoms with van der Waals surface area (Å²) >= 11 is 1.51. The number of hydrogen-bond acceptors (Lipinski definition) is 5. The molecule has 4 aromatic rings. The van der Waals surface area contributed by atoms with Crippen LogP contribution in [0.2, 0.25) is 0 Å². The number of benzene rings is 1. The Kier molecular flexibility index (Phi) is 5.34. The van der Waals surface area contributed by atoms with E-state index in [9.17, 15) is 18.0 Å². The standard InChI is InChI=1S/C22H20F3N5OS/c1-29-9-13(8-28-29)10-30-11-27-21-19(22(30)31)15-3-2-14(6-18(15)32-21)26-7-12-4-16(23)20(25)17(24)5-12/h4-5,8-9,11,14,26H,2-3,6-7,10H2,1H3/t14-/m1/s1. The number of hydrogen-bond donors (Lipinski definition) is 1. The van der Waals surface area contributed by atoms with Crippen molar-refractivity contribution >= 4 is 21.6 Å². The molecule has 5 rings (SSSR count). The van der Waals surface area contributed by atoms with Crippen molar-refractivity contribution < 1.29 is 13.2 Å². The van der Waals surface area contributed by atoms with Crippen LogP contribution in [0.1, 0.15) is 28.0 Å². The van der Waals surface area contributed by atoms with E-state index >= 15 is 0 Å². The SMILES string of the molecule is Cn1cc(Cn2cnc3sc4c(c3c2=O)CC[C@@H](NCc2cc(F)c(F)c(F)c2)C4)cn1. The molecule has 0 spiro atoms. The molecule has 10 heteroatoms. The molecule has 1 N–H and O–H groups in total. The van der Waals surface area contributed by atoms with E-state index in [0.717, 1.165) is 39.4 Å². The van der Waals surface area contributed by atoms with E-state index in [4.69, 9.17) is 0 Å². The van der Waals surface area contributed by atoms with E-state index in [2.05, 4.69) is 15.4 Å². The van der Waals surface area contributed by atoms with Crippen molar-refractivity contribution in [3.63, 3.8) is 0 Å². The molecule has 1 aliphatic carbocycles. The summed E-state index contributed by atoms with van der Waals surface area (Å²) in [5, 5.41) is 8.12. The van der Waals surface area contributed by atoms with Gasteiger partial charge in [0, 0.05) is 36.3 Å². The highest BCUT2D eigenvalue weighted by Gasteiger charge is 2.25. The zero-order chi connectivity index (χ0) is 22.4. The maximum Gasteiger partial charge on any atom is 0.262 e. The van der Waals surface area contributed by atoms with E-state index in [0.29, 0.717) is 30.3 Å². The molecule has 3 heterocycles. The van der Waals surface area contributed by atoms with Crippen LogP contribution >= 0.6 is 11.3 Å². The number of thiophene rings is 1. The highest BCUT2D eigenvalue weighted by molar-refractivity contribution is 7.18. The lowest BCUT2D eigenvalue weighted by Gasteiger charge is -2.23. The Labute approximate surface area is 185 Å². The van der Waals surface area contributed by atoms with Crippen LogP contribution in [0.4, 0.5) is 13.2 Å². The maximum absolute atomic E-state index is 13.4. The lowest BCUT2D eigenvalue weighted by Crippen LogP contribution is -2.34. The van der Waals surface area contributed by atoms with Crippen LogP contribution in [-0.2, 0) is 33.0 Å². The van der Waals surface area contributed by atoms with Gasteiger partial charge < -0.3 is 5.32 Å². The Morgan fingerprint density at radius 3 is 2.72 bits per heavy atom. The second-order valence-corrected chi connectivity index (χ2v) is 9.16. The first kappa shape index (κ1) is 20.9. The molecule has 0 saturated heterocycles. The molecule has 0 fully saturated rings. The van der Waals surface area contributed by atoms with Gasteiger partial charge in [-0.05, 0) is 42.5 Å². The van der Waals surface area contributed by atoms with Gasteiger partial charge in [-0.1, -0.05) is 0 Å². The van der Waals surface area contributed by atoms with Crippen molar-refractivity contribution in [1.29, 1.82) is 0 Å². The molecule has 0 aliphatic heterocycles. The molecule has 1 aliphatic rings. The molecular weight excluding hydrogens is 439 g/mol. The molecule has 6 nitrogen and oxygen atoms in total. The summed E-state index contributed by atoms with van der Waals surface area (Å²) in [5.74, 6) is -3.83. The number of halogens is 3. The van der Waals surface area contributed by atoms with Crippen molar-refractivity contribution in [2.24, 2.45) is 7.05 Å². The van der Waals surface area contributed by atoms with Crippen LogP contribution in [0.5, 0.6) is 0 Å². The van der Waals surface area contributed by atoms with Crippen molar-refractivity contribution in [3.8, 4) is 0 Å². The van der Waals surface area contributed by atoms with Gasteiger partial charge in [0.2, 0.25) is 0 Å². The van der Waals surface area contributed by atoms with Crippen LogP contribution < -0.4 is 10.9 Å². The second-order valence-electron chi connectivity index (χ2n) is 8.08. The predicted molar refractivity (Wildman–Crippen MR) is 115 cm³/mol. The molecule has 166 valence electrons. The first-order valence-electron chi connectivity index (χ1n) is 10.2. The molecule has 0 unspecified atom stereocenters. The van der Waals surface area contributed by atoms with Gasteiger partial charge in [0.15, 0.2) is 17.5 Å². The van der Waals surface area contributed by atoms with Gasteiger partial charge in [-0.25, -0.2) is 18.2 Å². The summed E-state index contributed by atoms with van der Waals surface area (Å²) in [6.07, 6.45) is 7.37. The van der Waals surface area contributed by atoms with E-state index < -0.39 is 17.5 Å². The number of nitrogens with zero attached hydrogens (tertiary/aromatic N) is 4. The van der Waals surface area contributed by atoms with Gasteiger partial charge >= 0.3 is 0 Å². The first-order chi connectivity index (χ1) is 15.4. The fraction of sp³-hybridized carbons (Fsp3) is 0.318. The highest BCUT2D eigenvalue weighted by atomic mass is 32.1. The smallest absolute Gasteiger partial charge is 0.262 e. The zero-order valence-electron chi connectivity index (χ0n) is 17.2. The molecule has 32 heavy (non-hydrogen) atoms. The minimum absolute atomic E-state index is 0.0555. The van der Waals surface area contributed by atoms with Crippen molar-refractivity contribution in [2.45, 2.75) is 38.4 Å². The first-order valence-corrected chi connectivity index (χ1v) is 11.0. The van der Waals surface area contributed by atoms with Gasteiger partial charge in [-0.15, -0.1) is 11.3 Å². The number of nitrogens with one attached hydrogen (secondary N) is 1. The summed E-state index contributed by atoms with van der Waals surface area (Å²) in [5.41, 5.74) is 2.27. The quantitative estimate of drug-likeness (QED) is 0.465. The molecule has 0 saturated carbocycles. The van der Waals surface area contributed by atoms with Gasteiger partial charge in [0.05, 0.1) is 24.5 Å². The minimum Gasteiger partial charge on any atom is -0.310 e. The van der Waals surface area contributed by atoms with Crippen LogP contribution in [0.15, 0.2) is 35.6 Å². The average Bonchev–Trinajstić information content (AvgIpc) is 3.35. The number of fused-ring (bicyclic) bond motifs is 3. The second kappa shape index (κ2) is 8.18. The van der Waals surface area contributed by atoms with Gasteiger partial charge in [-0.2, -0.15) is 5.10 Å². The highest BCUT2D eigenvalue weighted by Crippen LogP contribution is 2.33. The summed E-state index contributed by atoms with van der Waals surface area (Å²) < 4.78 is 43.3. The molecule has 1 atom stereocenters. The van der Waals surface area contributed by atoms with Crippen molar-refractivity contribution in [2.75, 3.05) is 0 Å². The fourth-order valence-corrected chi connectivity index (χ4v) is 5.47. The topological polar surface area (TPSA) is 64.7 Å². The van der Waals surface area contributed by atoms with E-state index in [1.807, 2.05) is 13.2 Å². The number of rotatable bonds is 5. The van der Waals surface area contributed by atoms with E-state index in [-0.39, 0.29) is 18.1 Å². The molecular formula is C22H20F3N5OS. The summed E-state index contributed by atoms with van der Waals surface area (Å²) in [6.45, 7) is 0.643. The lowest BCUT2D eigenvalue weighted by atomic mass is 9.93. The summed E-state index contributed by atoms with van der Waals surface area (Å²) in [6, 6.07) is 2.10. The monoisotopic (exact) mass is 459 g/mol. The number of aryl methyl sites for hydroxylation is 2. The minimum atomic E-state index is -1.46. The predicted octanol–water partition coefficient (Wildman–Crippen LogP) is 3.30. The molecule has 0 radical (unpaired) electrons. The third-order valence-corrected chi connectivity index (χ3v) is 6.95. The Balaban J connectivity index is 1.34. The summed E-state index contributed by atoms with van der Waals surface area (Å²) in [7, 11) is 1.83. The zero-order valence-corrected chi connectivity index (χ0v) is 18.1. The molecule has 1 aromatic carbocycles. The van der Waals surface area contributed by atoms with Crippen molar-refractivity contribution in [3.05, 3.63) is 80.2 Å². The van der Waals surface area contributed by atoms with Crippen LogP contribution in [-0.4, -0.2) is 25.4 Å². The van der Waals surface area contributed by atoms with Crippen LogP contribution in [0, 0.1) is 17.5 Å². The van der Waals surface area contributed by atoms with Crippen LogP contribution in [0.25, 0.3) is 10.2 Å². The Hall–Kier alpha value is -2.98. The number of aromatic nitrogens is 4. The molecule has 0 bridgehead atoms. The van der Waals surface area contributed by atoms with Gasteiger partial charge in [-0.3, -0.25) is 14.0 Å². The lowest BCUT2D eigenvalue weighted by molar-refractivity contribution is 0.437. The van der Waals surface area contributed by atoms with Crippen molar-refractivity contribution in [1.82, 2.24) is 24.6 Å². The summed E-state index contributed by atoms with van der Waals surface area (Å²) in [4.78, 5) is 19.5. The van der Waals surface area contributed by atoms with Gasteiger partial charge in [0.1, 0.15) is 4.83 Å². The molecule has 0 amide bonds.